The molecule has 4 aromatic carbocycles. The third-order valence-electron chi connectivity index (χ3n) is 8.28. The van der Waals surface area contributed by atoms with Crippen molar-refractivity contribution in [1.82, 2.24) is 5.32 Å². The highest BCUT2D eigenvalue weighted by molar-refractivity contribution is 5.96. The van der Waals surface area contributed by atoms with Gasteiger partial charge in [-0.3, -0.25) is 14.4 Å². The average Bonchev–Trinajstić information content (AvgIpc) is 3.06. The van der Waals surface area contributed by atoms with E-state index in [0.717, 1.165) is 33.6 Å². The van der Waals surface area contributed by atoms with Crippen molar-refractivity contribution in [3.05, 3.63) is 113 Å². The first-order valence-corrected chi connectivity index (χ1v) is 15.8. The lowest BCUT2D eigenvalue weighted by Crippen LogP contribution is -2.33. The molecule has 1 fully saturated rings. The molecular formula is C38H39NO8. The number of benzene rings is 4. The lowest BCUT2D eigenvalue weighted by molar-refractivity contribution is -0.138. The van der Waals surface area contributed by atoms with Crippen LogP contribution in [0, 0.1) is 0 Å². The van der Waals surface area contributed by atoms with Crippen LogP contribution in [0.1, 0.15) is 65.1 Å². The van der Waals surface area contributed by atoms with E-state index in [1.54, 1.807) is 13.2 Å². The average molecular weight is 638 g/mol. The van der Waals surface area contributed by atoms with Gasteiger partial charge in [-0.15, -0.1) is 0 Å². The van der Waals surface area contributed by atoms with E-state index in [4.69, 9.17) is 19.3 Å². The van der Waals surface area contributed by atoms with Crippen molar-refractivity contribution in [2.24, 2.45) is 0 Å². The second kappa shape index (κ2) is 15.8. The number of hydrogen-bond donors (Lipinski definition) is 3. The number of carboxylic acids is 2. The van der Waals surface area contributed by atoms with Gasteiger partial charge in [-0.25, -0.2) is 0 Å². The maximum absolute atomic E-state index is 13.3. The highest BCUT2D eigenvalue weighted by atomic mass is 16.5. The predicted octanol–water partition coefficient (Wildman–Crippen LogP) is 6.88. The van der Waals surface area contributed by atoms with Crippen LogP contribution in [-0.4, -0.2) is 47.9 Å². The molecular weight excluding hydrogens is 598 g/mol. The van der Waals surface area contributed by atoms with Gasteiger partial charge >= 0.3 is 11.9 Å². The van der Waals surface area contributed by atoms with Crippen LogP contribution in [0.2, 0.25) is 0 Å². The van der Waals surface area contributed by atoms with E-state index in [1.807, 2.05) is 84.9 Å². The van der Waals surface area contributed by atoms with Crippen molar-refractivity contribution in [1.29, 1.82) is 0 Å². The molecule has 9 nitrogen and oxygen atoms in total. The van der Waals surface area contributed by atoms with E-state index in [-0.39, 0.29) is 37.4 Å². The summed E-state index contributed by atoms with van der Waals surface area (Å²) in [5, 5.41) is 21.3. The van der Waals surface area contributed by atoms with Gasteiger partial charge in [0.1, 0.15) is 17.2 Å². The predicted molar refractivity (Wildman–Crippen MR) is 177 cm³/mol. The number of methoxy groups -OCH3 is 1. The Kier molecular flexibility index (Phi) is 11.1. The largest absolute Gasteiger partial charge is 0.497 e. The molecule has 5 rings (SSSR count). The summed E-state index contributed by atoms with van der Waals surface area (Å²) in [7, 11) is 1.62. The Morgan fingerprint density at radius 2 is 1.55 bits per heavy atom. The second-order valence-corrected chi connectivity index (χ2v) is 11.6. The Bertz CT molecular complexity index is 1680. The fourth-order valence-corrected chi connectivity index (χ4v) is 5.74. The van der Waals surface area contributed by atoms with E-state index in [1.165, 1.54) is 0 Å². The van der Waals surface area contributed by atoms with Gasteiger partial charge in [-0.05, 0) is 95.8 Å². The first-order chi connectivity index (χ1) is 22.8. The molecule has 0 spiro atoms. The standard InChI is InChI=1S/C38H39NO8/c1-45-30-14-12-26(13-15-30)27-19-29(38(44)39-24-25-7-3-2-4-8-25)23-31(20-27)47-32-21-28(22-32)33-9-5-10-35(34(33)16-17-37(42)43)46-18-6-11-36(40)41/h2-5,7-10,12-15,19-20,23,28,32H,6,11,16-18,21-22,24H2,1H3,(H,39,44)(H,40,41)(H,42,43). The zero-order chi connectivity index (χ0) is 33.2. The SMILES string of the molecule is COc1ccc(-c2cc(OC3CC(c4cccc(OCCCC(=O)O)c4CCC(=O)O)C3)cc(C(=O)NCc3ccccc3)c2)cc1. The minimum Gasteiger partial charge on any atom is -0.497 e. The van der Waals surface area contributed by atoms with Crippen LogP contribution in [0.15, 0.2) is 91.0 Å². The number of ether oxygens (including phenoxy) is 3. The van der Waals surface area contributed by atoms with Crippen LogP contribution in [0.25, 0.3) is 11.1 Å². The van der Waals surface area contributed by atoms with E-state index < -0.39 is 11.9 Å². The zero-order valence-corrected chi connectivity index (χ0v) is 26.3. The number of carboxylic acid groups (broad SMARTS) is 2. The molecule has 1 amide bonds. The van der Waals surface area contributed by atoms with Crippen molar-refractivity contribution in [3.8, 4) is 28.4 Å². The topological polar surface area (TPSA) is 131 Å². The van der Waals surface area contributed by atoms with E-state index >= 15 is 0 Å². The van der Waals surface area contributed by atoms with Gasteiger partial charge < -0.3 is 29.7 Å². The molecule has 0 aliphatic heterocycles. The highest BCUT2D eigenvalue weighted by Gasteiger charge is 2.34. The molecule has 0 unspecified atom stereocenters. The van der Waals surface area contributed by atoms with Gasteiger partial charge in [0.2, 0.25) is 0 Å². The fraction of sp³-hybridized carbons (Fsp3) is 0.289. The summed E-state index contributed by atoms with van der Waals surface area (Å²) >= 11 is 0. The van der Waals surface area contributed by atoms with Crippen LogP contribution >= 0.6 is 0 Å². The van der Waals surface area contributed by atoms with Crippen molar-refractivity contribution < 1.29 is 38.8 Å². The molecule has 0 bridgehead atoms. The monoisotopic (exact) mass is 637 g/mol. The van der Waals surface area contributed by atoms with Crippen molar-refractivity contribution in [2.45, 2.75) is 57.1 Å². The molecule has 9 heteroatoms. The summed E-state index contributed by atoms with van der Waals surface area (Å²) in [6, 6.07) is 28.6. The number of carbonyl (C=O) groups is 3. The fourth-order valence-electron chi connectivity index (χ4n) is 5.74. The molecule has 47 heavy (non-hydrogen) atoms. The summed E-state index contributed by atoms with van der Waals surface area (Å²) < 4.78 is 17.7. The lowest BCUT2D eigenvalue weighted by Gasteiger charge is -2.37. The van der Waals surface area contributed by atoms with Gasteiger partial charge in [0.05, 0.1) is 19.8 Å². The minimum absolute atomic E-state index is 0.00184. The zero-order valence-electron chi connectivity index (χ0n) is 26.3. The normalized spacial score (nSPS) is 15.3. The summed E-state index contributed by atoms with van der Waals surface area (Å²) in [4.78, 5) is 35.6. The second-order valence-electron chi connectivity index (χ2n) is 11.6. The summed E-state index contributed by atoms with van der Waals surface area (Å²) in [5.41, 5.74) is 5.12. The molecule has 244 valence electrons. The molecule has 1 aliphatic carbocycles. The van der Waals surface area contributed by atoms with E-state index in [9.17, 15) is 19.5 Å². The summed E-state index contributed by atoms with van der Waals surface area (Å²) in [6.07, 6.45) is 1.96. The quantitative estimate of drug-likeness (QED) is 0.113. The van der Waals surface area contributed by atoms with Crippen molar-refractivity contribution >= 4 is 17.8 Å². The maximum Gasteiger partial charge on any atom is 0.303 e. The van der Waals surface area contributed by atoms with Gasteiger partial charge in [0.15, 0.2) is 0 Å². The van der Waals surface area contributed by atoms with E-state index in [0.29, 0.717) is 49.3 Å². The number of nitrogens with one attached hydrogen (secondary N) is 1. The molecule has 0 aromatic heterocycles. The Morgan fingerprint density at radius 3 is 2.26 bits per heavy atom. The van der Waals surface area contributed by atoms with Gasteiger partial charge in [-0.1, -0.05) is 54.6 Å². The van der Waals surface area contributed by atoms with Crippen LogP contribution < -0.4 is 19.5 Å². The van der Waals surface area contributed by atoms with Gasteiger partial charge in [0.25, 0.3) is 5.91 Å². The molecule has 1 saturated carbocycles. The Labute approximate surface area is 274 Å². The molecule has 0 atom stereocenters. The van der Waals surface area contributed by atoms with Crippen LogP contribution in [-0.2, 0) is 22.6 Å². The van der Waals surface area contributed by atoms with Crippen molar-refractivity contribution in [2.75, 3.05) is 13.7 Å². The lowest BCUT2D eigenvalue weighted by atomic mass is 9.75. The van der Waals surface area contributed by atoms with Crippen LogP contribution in [0.3, 0.4) is 0 Å². The molecule has 0 radical (unpaired) electrons. The van der Waals surface area contributed by atoms with E-state index in [2.05, 4.69) is 5.32 Å². The first-order valence-electron chi connectivity index (χ1n) is 15.8. The van der Waals surface area contributed by atoms with Gasteiger partial charge in [-0.2, -0.15) is 0 Å². The highest BCUT2D eigenvalue weighted by Crippen LogP contribution is 2.43. The molecule has 0 saturated heterocycles. The van der Waals surface area contributed by atoms with Crippen molar-refractivity contribution in [3.63, 3.8) is 0 Å². The minimum atomic E-state index is -0.896. The third kappa shape index (κ3) is 9.13. The van der Waals surface area contributed by atoms with Gasteiger partial charge in [0, 0.05) is 24.9 Å². The maximum atomic E-state index is 13.3. The smallest absolute Gasteiger partial charge is 0.303 e. The Morgan fingerprint density at radius 1 is 0.809 bits per heavy atom. The van der Waals surface area contributed by atoms with Crippen LogP contribution in [0.5, 0.6) is 17.2 Å². The summed E-state index contributed by atoms with van der Waals surface area (Å²) in [6.45, 7) is 0.636. The third-order valence-corrected chi connectivity index (χ3v) is 8.28. The van der Waals surface area contributed by atoms with Crippen LogP contribution in [0.4, 0.5) is 0 Å². The molecule has 0 heterocycles. The number of rotatable bonds is 16. The Hall–Kier alpha value is -5.31. The number of amides is 1. The molecule has 4 aromatic rings. The number of carbonyl (C=O) groups excluding carboxylic acids is 1. The number of hydrogen-bond acceptors (Lipinski definition) is 6. The molecule has 1 aliphatic rings. The summed E-state index contributed by atoms with van der Waals surface area (Å²) in [5.74, 6) is 0.0776. The molecule has 3 N–H and O–H groups in total. The Balaban J connectivity index is 1.32. The number of aliphatic carboxylic acids is 2. The first kappa shape index (κ1) is 33.1.